The molecule has 0 heterocycles. The van der Waals surface area contributed by atoms with Crippen molar-refractivity contribution in [3.63, 3.8) is 0 Å². The monoisotopic (exact) mass is 169 g/mol. The van der Waals surface area contributed by atoms with Crippen LogP contribution in [0.1, 0.15) is 26.2 Å². The van der Waals surface area contributed by atoms with Gasteiger partial charge in [-0.25, -0.2) is 0 Å². The number of nitrogens with two attached hydrogens (primary N) is 1. The van der Waals surface area contributed by atoms with Crippen molar-refractivity contribution in [2.24, 2.45) is 28.9 Å². The minimum atomic E-state index is 0.391. The van der Waals surface area contributed by atoms with Gasteiger partial charge >= 0.3 is 0 Å². The van der Waals surface area contributed by atoms with Crippen LogP contribution in [0, 0.1) is 23.2 Å². The summed E-state index contributed by atoms with van der Waals surface area (Å²) in [5.74, 6) is 2.16. The molecule has 2 aliphatic rings. The highest BCUT2D eigenvalue weighted by Crippen LogP contribution is 2.57. The summed E-state index contributed by atoms with van der Waals surface area (Å²) >= 11 is 0. The van der Waals surface area contributed by atoms with Crippen LogP contribution in [-0.4, -0.2) is 18.3 Å². The van der Waals surface area contributed by atoms with Gasteiger partial charge in [0.2, 0.25) is 0 Å². The van der Waals surface area contributed by atoms with Crippen LogP contribution in [0.4, 0.5) is 0 Å². The smallest absolute Gasteiger partial charge is 0.0462 e. The maximum atomic E-state index is 9.10. The van der Waals surface area contributed by atoms with Crippen LogP contribution in [0.2, 0.25) is 0 Å². The molecule has 2 bridgehead atoms. The molecule has 0 spiro atoms. The Bertz CT molecular complexity index is 183. The number of hydrogen-bond donors (Lipinski definition) is 2. The lowest BCUT2D eigenvalue weighted by molar-refractivity contribution is 0.113. The molecule has 2 saturated carbocycles. The van der Waals surface area contributed by atoms with Crippen molar-refractivity contribution in [2.45, 2.75) is 26.2 Å². The topological polar surface area (TPSA) is 46.2 Å². The lowest BCUT2D eigenvalue weighted by Crippen LogP contribution is -2.35. The van der Waals surface area contributed by atoms with Crippen molar-refractivity contribution in [1.82, 2.24) is 0 Å². The van der Waals surface area contributed by atoms with E-state index in [0.717, 1.165) is 18.4 Å². The summed E-state index contributed by atoms with van der Waals surface area (Å²) in [6, 6.07) is 0. The molecule has 0 aromatic rings. The van der Waals surface area contributed by atoms with Crippen LogP contribution in [0.5, 0.6) is 0 Å². The summed E-state index contributed by atoms with van der Waals surface area (Å²) in [6.07, 6.45) is 3.78. The van der Waals surface area contributed by atoms with Gasteiger partial charge < -0.3 is 10.8 Å². The first-order valence-electron chi connectivity index (χ1n) is 5.00. The van der Waals surface area contributed by atoms with Crippen LogP contribution in [-0.2, 0) is 0 Å². The van der Waals surface area contributed by atoms with Crippen LogP contribution >= 0.6 is 0 Å². The van der Waals surface area contributed by atoms with Gasteiger partial charge in [-0.05, 0) is 49.0 Å². The third kappa shape index (κ3) is 1.01. The van der Waals surface area contributed by atoms with Gasteiger partial charge in [-0.2, -0.15) is 0 Å². The lowest BCUT2D eigenvalue weighted by atomic mass is 9.72. The van der Waals surface area contributed by atoms with E-state index < -0.39 is 0 Å². The van der Waals surface area contributed by atoms with E-state index in [1.54, 1.807) is 0 Å². The fraction of sp³-hybridized carbons (Fsp3) is 1.00. The van der Waals surface area contributed by atoms with Gasteiger partial charge in [0.25, 0.3) is 0 Å². The molecule has 0 aromatic heterocycles. The summed E-state index contributed by atoms with van der Waals surface area (Å²) in [5.41, 5.74) is 6.18. The molecule has 12 heavy (non-hydrogen) atoms. The van der Waals surface area contributed by atoms with Crippen LogP contribution in [0.15, 0.2) is 0 Å². The van der Waals surface area contributed by atoms with Crippen molar-refractivity contribution in [1.29, 1.82) is 0 Å². The molecule has 2 aliphatic carbocycles. The van der Waals surface area contributed by atoms with E-state index in [0.29, 0.717) is 17.9 Å². The predicted molar refractivity (Wildman–Crippen MR) is 48.6 cm³/mol. The highest BCUT2D eigenvalue weighted by atomic mass is 16.3. The number of fused-ring (bicyclic) bond motifs is 2. The Morgan fingerprint density at radius 1 is 1.50 bits per heavy atom. The Kier molecular flexibility index (Phi) is 1.92. The third-order valence-electron chi connectivity index (χ3n) is 4.26. The second-order valence-corrected chi connectivity index (χ2v) is 4.93. The molecule has 4 atom stereocenters. The van der Waals surface area contributed by atoms with Gasteiger partial charge in [0.1, 0.15) is 0 Å². The van der Waals surface area contributed by atoms with Crippen molar-refractivity contribution < 1.29 is 5.11 Å². The zero-order chi connectivity index (χ0) is 8.77. The predicted octanol–water partition coefficient (Wildman–Crippen LogP) is 0.990. The fourth-order valence-corrected chi connectivity index (χ4v) is 3.27. The molecule has 2 rings (SSSR count). The molecule has 3 N–H and O–H groups in total. The number of hydrogen-bond acceptors (Lipinski definition) is 2. The second kappa shape index (κ2) is 2.71. The van der Waals surface area contributed by atoms with Gasteiger partial charge in [-0.3, -0.25) is 0 Å². The second-order valence-electron chi connectivity index (χ2n) is 4.93. The SMILES string of the molecule is CC1(CN)CC2CC1CC2CO. The van der Waals surface area contributed by atoms with E-state index in [4.69, 9.17) is 10.8 Å². The first kappa shape index (κ1) is 8.52. The molecule has 0 radical (unpaired) electrons. The van der Waals surface area contributed by atoms with E-state index in [1.807, 2.05) is 0 Å². The summed E-state index contributed by atoms with van der Waals surface area (Å²) in [7, 11) is 0. The van der Waals surface area contributed by atoms with Crippen molar-refractivity contribution in [2.75, 3.05) is 13.2 Å². The van der Waals surface area contributed by atoms with E-state index in [9.17, 15) is 0 Å². The summed E-state index contributed by atoms with van der Waals surface area (Å²) in [6.45, 7) is 3.53. The van der Waals surface area contributed by atoms with Gasteiger partial charge in [-0.1, -0.05) is 6.92 Å². The number of aliphatic hydroxyl groups excluding tert-OH is 1. The normalized spacial score (nSPS) is 51.8. The van der Waals surface area contributed by atoms with Gasteiger partial charge in [0.15, 0.2) is 0 Å². The Morgan fingerprint density at radius 2 is 2.25 bits per heavy atom. The van der Waals surface area contributed by atoms with Gasteiger partial charge in [0.05, 0.1) is 0 Å². The molecule has 0 amide bonds. The zero-order valence-corrected chi connectivity index (χ0v) is 7.79. The fourth-order valence-electron chi connectivity index (χ4n) is 3.27. The quantitative estimate of drug-likeness (QED) is 0.647. The summed E-state index contributed by atoms with van der Waals surface area (Å²) in [4.78, 5) is 0. The maximum Gasteiger partial charge on any atom is 0.0462 e. The van der Waals surface area contributed by atoms with Crippen molar-refractivity contribution in [3.05, 3.63) is 0 Å². The zero-order valence-electron chi connectivity index (χ0n) is 7.79. The van der Waals surface area contributed by atoms with Crippen LogP contribution in [0.3, 0.4) is 0 Å². The van der Waals surface area contributed by atoms with Crippen LogP contribution < -0.4 is 5.73 Å². The largest absolute Gasteiger partial charge is 0.396 e. The van der Waals surface area contributed by atoms with E-state index in [1.165, 1.54) is 19.3 Å². The van der Waals surface area contributed by atoms with Crippen molar-refractivity contribution >= 4 is 0 Å². The molecule has 4 unspecified atom stereocenters. The third-order valence-corrected chi connectivity index (χ3v) is 4.26. The molecule has 2 fully saturated rings. The molecule has 2 nitrogen and oxygen atoms in total. The standard InChI is InChI=1S/C10H19NO/c1-10(6-11)4-7-2-9(10)3-8(7)5-12/h7-9,12H,2-6,11H2,1H3. The average Bonchev–Trinajstić information content (AvgIpc) is 2.60. The Labute approximate surface area is 74.1 Å². The van der Waals surface area contributed by atoms with E-state index in [-0.39, 0.29) is 0 Å². The number of aliphatic hydroxyl groups is 1. The minimum Gasteiger partial charge on any atom is -0.396 e. The molecule has 0 aromatic carbocycles. The Morgan fingerprint density at radius 3 is 2.67 bits per heavy atom. The van der Waals surface area contributed by atoms with E-state index in [2.05, 4.69) is 6.92 Å². The number of rotatable bonds is 2. The molecular weight excluding hydrogens is 150 g/mol. The van der Waals surface area contributed by atoms with Crippen molar-refractivity contribution in [3.8, 4) is 0 Å². The average molecular weight is 169 g/mol. The molecule has 70 valence electrons. The summed E-state index contributed by atoms with van der Waals surface area (Å²) in [5, 5.41) is 9.10. The maximum absolute atomic E-state index is 9.10. The van der Waals surface area contributed by atoms with Gasteiger partial charge in [-0.15, -0.1) is 0 Å². The molecule has 0 aliphatic heterocycles. The molecule has 0 saturated heterocycles. The minimum absolute atomic E-state index is 0.391. The lowest BCUT2D eigenvalue weighted by Gasteiger charge is -2.35. The first-order chi connectivity index (χ1) is 5.69. The highest BCUT2D eigenvalue weighted by molar-refractivity contribution is 5.01. The first-order valence-corrected chi connectivity index (χ1v) is 5.00. The highest BCUT2D eigenvalue weighted by Gasteiger charge is 2.51. The molecule has 2 heteroatoms. The van der Waals surface area contributed by atoms with Crippen LogP contribution in [0.25, 0.3) is 0 Å². The van der Waals surface area contributed by atoms with E-state index >= 15 is 0 Å². The summed E-state index contributed by atoms with van der Waals surface area (Å²) < 4.78 is 0. The molecular formula is C10H19NO. The Balaban J connectivity index is 2.07. The van der Waals surface area contributed by atoms with Gasteiger partial charge in [0, 0.05) is 6.61 Å². The Hall–Kier alpha value is -0.0800.